The normalized spacial score (nSPS) is 18.2. The molecule has 20 heavy (non-hydrogen) atoms. The third-order valence-corrected chi connectivity index (χ3v) is 4.14. The average Bonchev–Trinajstić information content (AvgIpc) is 2.67. The molecule has 1 aliphatic heterocycles. The molecular weight excluding hydrogens is 296 g/mol. The fourth-order valence-corrected chi connectivity index (χ4v) is 2.91. The number of rotatable bonds is 6. The van der Waals surface area contributed by atoms with Gasteiger partial charge in [-0.15, -0.1) is 0 Å². The first-order valence-electron chi connectivity index (χ1n) is 6.01. The van der Waals surface area contributed by atoms with Crippen molar-refractivity contribution in [1.29, 1.82) is 0 Å². The largest absolute Gasteiger partial charge is 0.549 e. The zero-order valence-corrected chi connectivity index (χ0v) is 12.2. The van der Waals surface area contributed by atoms with Gasteiger partial charge in [-0.1, -0.05) is 30.3 Å². The number of hydrogen-bond donors (Lipinski definition) is 1. The Morgan fingerprint density at radius 3 is 2.75 bits per heavy atom. The van der Waals surface area contributed by atoms with Crippen LogP contribution >= 0.6 is 24.0 Å². The Balaban J connectivity index is 1.93. The number of carbonyl (C=O) groups is 2. The van der Waals surface area contributed by atoms with Crippen LogP contribution in [0.5, 0.6) is 0 Å². The lowest BCUT2D eigenvalue weighted by molar-refractivity contribution is -0.301. The first-order chi connectivity index (χ1) is 9.58. The molecule has 1 amide bonds. The Kier molecular flexibility index (Phi) is 4.97. The van der Waals surface area contributed by atoms with Gasteiger partial charge in [0.25, 0.3) is 5.91 Å². The summed E-state index contributed by atoms with van der Waals surface area (Å²) in [5.41, 5.74) is 0.994. The minimum Gasteiger partial charge on any atom is -0.549 e. The molecule has 1 fully saturated rings. The van der Waals surface area contributed by atoms with Crippen molar-refractivity contribution >= 4 is 41.0 Å². The van der Waals surface area contributed by atoms with E-state index in [0.29, 0.717) is 17.4 Å². The number of hydrogen-bond acceptors (Lipinski definition) is 5. The van der Waals surface area contributed by atoms with E-state index in [1.807, 2.05) is 30.3 Å². The van der Waals surface area contributed by atoms with E-state index in [4.69, 9.17) is 12.2 Å². The van der Waals surface area contributed by atoms with Crippen LogP contribution in [0.25, 0.3) is 0 Å². The molecular formula is C13H13N2O3S2-. The summed E-state index contributed by atoms with van der Waals surface area (Å²) >= 11 is 6.29. The number of thioether (sulfide) groups is 1. The average molecular weight is 309 g/mol. The second-order valence-corrected chi connectivity index (χ2v) is 5.72. The third-order valence-electron chi connectivity index (χ3n) is 2.79. The number of carbonyl (C=O) groups excluding carboxylic acids is 2. The van der Waals surface area contributed by atoms with Crippen molar-refractivity contribution < 1.29 is 14.7 Å². The lowest BCUT2D eigenvalue weighted by Gasteiger charge is -2.14. The summed E-state index contributed by atoms with van der Waals surface area (Å²) in [6, 6.07) is 9.10. The Bertz CT molecular complexity index is 522. The summed E-state index contributed by atoms with van der Waals surface area (Å²) in [4.78, 5) is 24.1. The molecule has 1 unspecified atom stereocenters. The van der Waals surface area contributed by atoms with E-state index in [-0.39, 0.29) is 11.7 Å². The Morgan fingerprint density at radius 2 is 2.10 bits per heavy atom. The molecule has 2 rings (SSSR count). The number of benzene rings is 1. The Morgan fingerprint density at radius 1 is 1.40 bits per heavy atom. The van der Waals surface area contributed by atoms with Crippen LogP contribution in [0, 0.1) is 0 Å². The maximum Gasteiger partial charge on any atom is 0.252 e. The van der Waals surface area contributed by atoms with Crippen molar-refractivity contribution in [2.75, 3.05) is 11.5 Å². The van der Waals surface area contributed by atoms with Gasteiger partial charge in [0, 0.05) is 11.5 Å². The van der Waals surface area contributed by atoms with E-state index >= 15 is 0 Å². The van der Waals surface area contributed by atoms with Crippen LogP contribution in [0.3, 0.4) is 0 Å². The smallest absolute Gasteiger partial charge is 0.252 e. The predicted octanol–water partition coefficient (Wildman–Crippen LogP) is -0.245. The molecule has 0 aromatic heterocycles. The number of nitrogens with one attached hydrogen (secondary N) is 1. The highest BCUT2D eigenvalue weighted by atomic mass is 32.2. The van der Waals surface area contributed by atoms with Crippen molar-refractivity contribution in [2.24, 2.45) is 0 Å². The van der Waals surface area contributed by atoms with E-state index in [1.54, 1.807) is 0 Å². The van der Waals surface area contributed by atoms with Gasteiger partial charge < -0.3 is 15.2 Å². The molecule has 1 atom stereocenters. The topological polar surface area (TPSA) is 72.5 Å². The van der Waals surface area contributed by atoms with Crippen LogP contribution in [0.1, 0.15) is 5.56 Å². The van der Waals surface area contributed by atoms with E-state index in [1.165, 1.54) is 4.90 Å². The van der Waals surface area contributed by atoms with Crippen LogP contribution in [0.15, 0.2) is 30.3 Å². The van der Waals surface area contributed by atoms with E-state index < -0.39 is 12.0 Å². The molecule has 0 aliphatic carbocycles. The summed E-state index contributed by atoms with van der Waals surface area (Å²) in [5.74, 6) is -1.02. The number of amides is 1. The van der Waals surface area contributed by atoms with E-state index in [2.05, 4.69) is 5.32 Å². The number of nitrogens with zero attached hydrogens (tertiary/aromatic N) is 1. The molecule has 0 radical (unpaired) electrons. The van der Waals surface area contributed by atoms with Crippen molar-refractivity contribution in [2.45, 2.75) is 12.6 Å². The highest BCUT2D eigenvalue weighted by molar-refractivity contribution is 8.00. The van der Waals surface area contributed by atoms with Gasteiger partial charge >= 0.3 is 0 Å². The minimum absolute atomic E-state index is 0.121. The zero-order chi connectivity index (χ0) is 14.5. The SMILES string of the molecule is O=C([O-])CSCC1NC(=S)N(Cc2ccccc2)C1=O. The summed E-state index contributed by atoms with van der Waals surface area (Å²) in [6.45, 7) is 0.424. The molecule has 1 N–H and O–H groups in total. The summed E-state index contributed by atoms with van der Waals surface area (Å²) in [7, 11) is 0. The molecule has 0 bridgehead atoms. The first kappa shape index (κ1) is 14.8. The Hall–Kier alpha value is -1.60. The standard InChI is InChI=1S/C13H14N2O3S2/c16-11(17)8-20-7-10-12(18)15(13(19)14-10)6-9-4-2-1-3-5-9/h1-5,10H,6-8H2,(H,14,19)(H,16,17)/p-1. The lowest BCUT2D eigenvalue weighted by Crippen LogP contribution is -2.33. The predicted molar refractivity (Wildman–Crippen MR) is 78.8 cm³/mol. The first-order valence-corrected chi connectivity index (χ1v) is 7.57. The molecule has 0 saturated carbocycles. The van der Waals surface area contributed by atoms with Crippen LogP contribution in [0.2, 0.25) is 0 Å². The van der Waals surface area contributed by atoms with Gasteiger partial charge in [-0.3, -0.25) is 9.69 Å². The van der Waals surface area contributed by atoms with E-state index in [0.717, 1.165) is 17.3 Å². The lowest BCUT2D eigenvalue weighted by atomic mass is 10.2. The fraction of sp³-hybridized carbons (Fsp3) is 0.308. The zero-order valence-electron chi connectivity index (χ0n) is 10.6. The van der Waals surface area contributed by atoms with Crippen LogP contribution in [0.4, 0.5) is 0 Å². The van der Waals surface area contributed by atoms with Gasteiger partial charge in [0.1, 0.15) is 6.04 Å². The second-order valence-electron chi connectivity index (χ2n) is 4.30. The van der Waals surface area contributed by atoms with Gasteiger partial charge in [0.2, 0.25) is 0 Å². The van der Waals surface area contributed by atoms with Crippen molar-refractivity contribution in [3.8, 4) is 0 Å². The highest BCUT2D eigenvalue weighted by Crippen LogP contribution is 2.15. The third kappa shape index (κ3) is 3.71. The summed E-state index contributed by atoms with van der Waals surface area (Å²) in [5, 5.41) is 13.7. The molecule has 1 aromatic carbocycles. The molecule has 7 heteroatoms. The van der Waals surface area contributed by atoms with Crippen LogP contribution in [-0.4, -0.2) is 39.4 Å². The number of carboxylic acids is 1. The number of thiocarbonyl (C=S) groups is 1. The van der Waals surface area contributed by atoms with Gasteiger partial charge in [0.15, 0.2) is 5.11 Å². The fourth-order valence-electron chi connectivity index (χ4n) is 1.87. The molecule has 1 saturated heterocycles. The van der Waals surface area contributed by atoms with Gasteiger partial charge in [0.05, 0.1) is 12.5 Å². The summed E-state index contributed by atoms with van der Waals surface area (Å²) in [6.07, 6.45) is 0. The van der Waals surface area contributed by atoms with Gasteiger partial charge in [-0.05, 0) is 17.8 Å². The number of aliphatic carboxylic acids is 1. The monoisotopic (exact) mass is 309 g/mol. The van der Waals surface area contributed by atoms with Crippen molar-refractivity contribution in [3.63, 3.8) is 0 Å². The van der Waals surface area contributed by atoms with Crippen molar-refractivity contribution in [3.05, 3.63) is 35.9 Å². The van der Waals surface area contributed by atoms with Crippen LogP contribution in [-0.2, 0) is 16.1 Å². The molecule has 1 aromatic rings. The number of carboxylic acid groups (broad SMARTS) is 1. The van der Waals surface area contributed by atoms with Gasteiger partial charge in [-0.2, -0.15) is 11.8 Å². The molecule has 5 nitrogen and oxygen atoms in total. The van der Waals surface area contributed by atoms with Gasteiger partial charge in [-0.25, -0.2) is 0 Å². The molecule has 106 valence electrons. The van der Waals surface area contributed by atoms with E-state index in [9.17, 15) is 14.7 Å². The van der Waals surface area contributed by atoms with Crippen molar-refractivity contribution in [1.82, 2.24) is 10.2 Å². The Labute approximate surface area is 126 Å². The minimum atomic E-state index is -1.14. The maximum absolute atomic E-state index is 12.2. The second kappa shape index (κ2) is 6.71. The molecule has 1 aliphatic rings. The van der Waals surface area contributed by atoms with Crippen LogP contribution < -0.4 is 10.4 Å². The highest BCUT2D eigenvalue weighted by Gasteiger charge is 2.34. The molecule has 1 heterocycles. The summed E-state index contributed by atoms with van der Waals surface area (Å²) < 4.78 is 0. The molecule has 0 spiro atoms. The maximum atomic E-state index is 12.2. The quantitative estimate of drug-likeness (QED) is 0.731.